The number of benzene rings is 1. The van der Waals surface area contributed by atoms with Crippen molar-refractivity contribution in [1.29, 1.82) is 0 Å². The van der Waals surface area contributed by atoms with Gasteiger partial charge in [0, 0.05) is 6.04 Å². The average Bonchev–Trinajstić information content (AvgIpc) is 2.56. The number of aromatic amines is 1. The Kier molecular flexibility index (Phi) is 4.62. The number of amides is 1. The second-order valence-corrected chi connectivity index (χ2v) is 6.45. The molecule has 0 bridgehead atoms. The second kappa shape index (κ2) is 6.60. The molecule has 1 aliphatic carbocycles. The van der Waals surface area contributed by atoms with Crippen molar-refractivity contribution < 1.29 is 18.0 Å². The third-order valence-electron chi connectivity index (χ3n) is 4.55. The van der Waals surface area contributed by atoms with Gasteiger partial charge in [-0.15, -0.1) is 0 Å². The van der Waals surface area contributed by atoms with Gasteiger partial charge in [-0.1, -0.05) is 23.8 Å². The number of aromatic nitrogens is 1. The van der Waals surface area contributed by atoms with Crippen molar-refractivity contribution in [2.45, 2.75) is 38.0 Å². The molecule has 2 aromatic rings. The highest BCUT2D eigenvalue weighted by molar-refractivity contribution is 5.94. The summed E-state index contributed by atoms with van der Waals surface area (Å²) >= 11 is 0. The summed E-state index contributed by atoms with van der Waals surface area (Å²) in [5.74, 6) is -0.716. The minimum absolute atomic E-state index is 0.132. The van der Waals surface area contributed by atoms with E-state index >= 15 is 0 Å². The highest BCUT2D eigenvalue weighted by Gasteiger charge is 2.33. The summed E-state index contributed by atoms with van der Waals surface area (Å²) in [5, 5.41) is 2.73. The SMILES string of the molecule is Cc1ccc2c(c1)[C@@H](N)CCC2NC(=O)c1ccc(C(F)(F)F)[nH]c1=O. The predicted octanol–water partition coefficient (Wildman–Crippen LogP) is 2.97. The number of H-pyrrole nitrogens is 1. The summed E-state index contributed by atoms with van der Waals surface area (Å²) in [6.45, 7) is 1.94. The van der Waals surface area contributed by atoms with Gasteiger partial charge in [0.15, 0.2) is 0 Å². The number of fused-ring (bicyclic) bond motifs is 1. The maximum Gasteiger partial charge on any atom is 0.431 e. The molecule has 1 amide bonds. The molecule has 1 aliphatic rings. The topological polar surface area (TPSA) is 88.0 Å². The van der Waals surface area contributed by atoms with Crippen molar-refractivity contribution in [3.05, 3.63) is 68.6 Å². The Hall–Kier alpha value is -2.61. The number of hydrogen-bond donors (Lipinski definition) is 3. The smallest absolute Gasteiger partial charge is 0.345 e. The number of pyridine rings is 1. The van der Waals surface area contributed by atoms with Gasteiger partial charge in [0.2, 0.25) is 0 Å². The largest absolute Gasteiger partial charge is 0.431 e. The Morgan fingerprint density at radius 1 is 1.19 bits per heavy atom. The first-order chi connectivity index (χ1) is 12.2. The fraction of sp³-hybridized carbons (Fsp3) is 0.333. The number of carbonyl (C=O) groups excluding carboxylic acids is 1. The summed E-state index contributed by atoms with van der Waals surface area (Å²) < 4.78 is 37.9. The Morgan fingerprint density at radius 3 is 2.58 bits per heavy atom. The lowest BCUT2D eigenvalue weighted by molar-refractivity contribution is -0.141. The molecule has 0 fully saturated rings. The Bertz CT molecular complexity index is 905. The van der Waals surface area contributed by atoms with Crippen molar-refractivity contribution in [3.63, 3.8) is 0 Å². The van der Waals surface area contributed by atoms with Gasteiger partial charge in [0.1, 0.15) is 11.3 Å². The molecule has 138 valence electrons. The van der Waals surface area contributed by atoms with E-state index in [-0.39, 0.29) is 17.6 Å². The molecule has 0 saturated heterocycles. The number of alkyl halides is 3. The zero-order valence-electron chi connectivity index (χ0n) is 14.0. The minimum atomic E-state index is -4.68. The van der Waals surface area contributed by atoms with Crippen LogP contribution in [0.25, 0.3) is 0 Å². The number of rotatable bonds is 2. The third-order valence-corrected chi connectivity index (χ3v) is 4.55. The van der Waals surface area contributed by atoms with Gasteiger partial charge in [-0.25, -0.2) is 0 Å². The first-order valence-electron chi connectivity index (χ1n) is 8.14. The van der Waals surface area contributed by atoms with Crippen LogP contribution >= 0.6 is 0 Å². The average molecular weight is 365 g/mol. The molecule has 1 unspecified atom stereocenters. The van der Waals surface area contributed by atoms with E-state index < -0.39 is 23.3 Å². The summed E-state index contributed by atoms with van der Waals surface area (Å²) in [4.78, 5) is 26.0. The van der Waals surface area contributed by atoms with Crippen molar-refractivity contribution in [2.75, 3.05) is 0 Å². The van der Waals surface area contributed by atoms with E-state index in [1.54, 1.807) is 4.98 Å². The van der Waals surface area contributed by atoms with Crippen LogP contribution in [0.2, 0.25) is 0 Å². The first-order valence-corrected chi connectivity index (χ1v) is 8.14. The fourth-order valence-electron chi connectivity index (χ4n) is 3.19. The minimum Gasteiger partial charge on any atom is -0.345 e. The van der Waals surface area contributed by atoms with Crippen LogP contribution < -0.4 is 16.6 Å². The summed E-state index contributed by atoms with van der Waals surface area (Å²) in [6, 6.07) is 6.84. The normalized spacial score (nSPS) is 19.7. The van der Waals surface area contributed by atoms with Crippen LogP contribution in [0.5, 0.6) is 0 Å². The van der Waals surface area contributed by atoms with Gasteiger partial charge in [-0.05, 0) is 43.0 Å². The molecule has 0 saturated carbocycles. The van der Waals surface area contributed by atoms with E-state index in [4.69, 9.17) is 5.73 Å². The van der Waals surface area contributed by atoms with Crippen LogP contribution in [0.15, 0.2) is 35.1 Å². The zero-order valence-corrected chi connectivity index (χ0v) is 14.0. The number of hydrogen-bond acceptors (Lipinski definition) is 3. The van der Waals surface area contributed by atoms with Crippen LogP contribution in [0, 0.1) is 6.92 Å². The lowest BCUT2D eigenvalue weighted by Gasteiger charge is -2.30. The van der Waals surface area contributed by atoms with E-state index in [1.807, 2.05) is 25.1 Å². The van der Waals surface area contributed by atoms with Crippen molar-refractivity contribution in [3.8, 4) is 0 Å². The maximum absolute atomic E-state index is 12.6. The predicted molar refractivity (Wildman–Crippen MR) is 89.6 cm³/mol. The van der Waals surface area contributed by atoms with E-state index in [2.05, 4.69) is 5.32 Å². The number of halogens is 3. The van der Waals surface area contributed by atoms with Crippen molar-refractivity contribution >= 4 is 5.91 Å². The Morgan fingerprint density at radius 2 is 1.92 bits per heavy atom. The molecule has 4 N–H and O–H groups in total. The van der Waals surface area contributed by atoms with Gasteiger partial charge in [-0.3, -0.25) is 9.59 Å². The second-order valence-electron chi connectivity index (χ2n) is 6.45. The van der Waals surface area contributed by atoms with Crippen LogP contribution in [0.3, 0.4) is 0 Å². The van der Waals surface area contributed by atoms with Crippen LogP contribution in [-0.2, 0) is 6.18 Å². The lowest BCUT2D eigenvalue weighted by atomic mass is 9.83. The van der Waals surface area contributed by atoms with Crippen LogP contribution in [0.4, 0.5) is 13.2 Å². The Labute approximate surface area is 147 Å². The van der Waals surface area contributed by atoms with Crippen molar-refractivity contribution in [1.82, 2.24) is 10.3 Å². The van der Waals surface area contributed by atoms with Crippen LogP contribution in [0.1, 0.15) is 57.7 Å². The van der Waals surface area contributed by atoms with Gasteiger partial charge >= 0.3 is 6.18 Å². The Balaban J connectivity index is 1.86. The van der Waals surface area contributed by atoms with E-state index in [1.165, 1.54) is 0 Å². The van der Waals surface area contributed by atoms with Gasteiger partial charge in [-0.2, -0.15) is 13.2 Å². The summed E-state index contributed by atoms with van der Waals surface area (Å²) in [5.41, 5.74) is 6.35. The molecule has 8 heteroatoms. The van der Waals surface area contributed by atoms with Gasteiger partial charge < -0.3 is 16.0 Å². The first kappa shape index (κ1) is 18.2. The standard InChI is InChI=1S/C18H18F3N3O2/c1-9-2-3-10-12(8-9)13(22)5-6-14(10)23-16(25)11-4-7-15(18(19,20)21)24-17(11)26/h2-4,7-8,13-14H,5-6,22H2,1H3,(H,23,25)(H,24,26)/t13-,14?/m0/s1. The maximum atomic E-state index is 12.6. The molecule has 0 spiro atoms. The van der Waals surface area contributed by atoms with E-state index in [9.17, 15) is 22.8 Å². The van der Waals surface area contributed by atoms with Gasteiger partial charge in [0.25, 0.3) is 11.5 Å². The van der Waals surface area contributed by atoms with Crippen molar-refractivity contribution in [2.24, 2.45) is 5.73 Å². The lowest BCUT2D eigenvalue weighted by Crippen LogP contribution is -2.36. The number of aryl methyl sites for hydroxylation is 1. The van der Waals surface area contributed by atoms with E-state index in [0.717, 1.165) is 22.8 Å². The summed E-state index contributed by atoms with van der Waals surface area (Å²) in [6.07, 6.45) is -3.43. The molecule has 5 nitrogen and oxygen atoms in total. The monoisotopic (exact) mass is 365 g/mol. The van der Waals surface area contributed by atoms with Gasteiger partial charge in [0.05, 0.1) is 6.04 Å². The molecule has 1 heterocycles. The third kappa shape index (κ3) is 3.50. The quantitative estimate of drug-likeness (QED) is 0.765. The highest BCUT2D eigenvalue weighted by Crippen LogP contribution is 2.35. The molecule has 3 rings (SSSR count). The van der Waals surface area contributed by atoms with Crippen LogP contribution in [-0.4, -0.2) is 10.9 Å². The number of nitrogens with one attached hydrogen (secondary N) is 2. The fourth-order valence-corrected chi connectivity index (χ4v) is 3.19. The highest BCUT2D eigenvalue weighted by atomic mass is 19.4. The molecule has 0 aliphatic heterocycles. The molecule has 1 aromatic carbocycles. The number of carbonyl (C=O) groups is 1. The summed E-state index contributed by atoms with van der Waals surface area (Å²) in [7, 11) is 0. The molecule has 1 aromatic heterocycles. The molecule has 2 atom stereocenters. The number of nitrogens with two attached hydrogens (primary N) is 1. The molecule has 26 heavy (non-hydrogen) atoms. The molecule has 0 radical (unpaired) electrons. The molecular weight excluding hydrogens is 347 g/mol. The zero-order chi connectivity index (χ0) is 19.1. The van der Waals surface area contributed by atoms with E-state index in [0.29, 0.717) is 18.9 Å². The molecular formula is C18H18F3N3O2.